The van der Waals surface area contributed by atoms with Crippen LogP contribution in [0.1, 0.15) is 41.7 Å². The molecule has 0 aliphatic carbocycles. The molecule has 1 aliphatic heterocycles. The number of imidazole rings is 1. The summed E-state index contributed by atoms with van der Waals surface area (Å²) in [7, 11) is 0. The van der Waals surface area contributed by atoms with Gasteiger partial charge in [-0.1, -0.05) is 12.8 Å². The molecule has 0 atom stereocenters. The summed E-state index contributed by atoms with van der Waals surface area (Å²) < 4.78 is 42.4. The molecule has 1 fully saturated rings. The van der Waals surface area contributed by atoms with Crippen molar-refractivity contribution in [3.63, 3.8) is 0 Å². The molecule has 5 heterocycles. The second-order valence-corrected chi connectivity index (χ2v) is 8.51. The van der Waals surface area contributed by atoms with E-state index in [2.05, 4.69) is 15.1 Å². The van der Waals surface area contributed by atoms with E-state index in [1.54, 1.807) is 4.90 Å². The van der Waals surface area contributed by atoms with Gasteiger partial charge in [0.2, 0.25) is 5.43 Å². The van der Waals surface area contributed by atoms with E-state index in [1.807, 2.05) is 6.07 Å². The molecule has 0 aromatic carbocycles. The number of pyridine rings is 2. The van der Waals surface area contributed by atoms with Crippen molar-refractivity contribution in [2.45, 2.75) is 38.4 Å². The minimum absolute atomic E-state index is 0.0589. The minimum atomic E-state index is -4.55. The number of amides is 1. The second-order valence-electron chi connectivity index (χ2n) is 8.51. The summed E-state index contributed by atoms with van der Waals surface area (Å²) in [6, 6.07) is 4.39. The number of rotatable bonds is 3. The molecule has 4 aromatic rings. The van der Waals surface area contributed by atoms with Gasteiger partial charge in [-0.2, -0.15) is 23.5 Å². The number of carbonyl (C=O) groups is 1. The number of fused-ring (bicyclic) bond motifs is 2. The normalized spacial score (nSPS) is 14.9. The van der Waals surface area contributed by atoms with Crippen LogP contribution in [0.5, 0.6) is 0 Å². The molecule has 12 heteroatoms. The predicted octanol–water partition coefficient (Wildman–Crippen LogP) is 3.49. The smallest absolute Gasteiger partial charge is 0.345 e. The van der Waals surface area contributed by atoms with Crippen molar-refractivity contribution in [2.24, 2.45) is 0 Å². The number of nitrogens with one attached hydrogen (secondary N) is 1. The van der Waals surface area contributed by atoms with Crippen LogP contribution in [0.15, 0.2) is 35.5 Å². The van der Waals surface area contributed by atoms with Crippen LogP contribution in [0.3, 0.4) is 0 Å². The van der Waals surface area contributed by atoms with Gasteiger partial charge in [-0.05, 0) is 18.9 Å². The first-order chi connectivity index (χ1) is 16.7. The second kappa shape index (κ2) is 8.57. The molecule has 0 unspecified atom stereocenters. The number of likely N-dealkylation sites (tertiary alicyclic amines) is 1. The number of nitrogens with zero attached hydrogens (tertiary/aromatic N) is 6. The number of nitriles is 1. The highest BCUT2D eigenvalue weighted by atomic mass is 19.4. The monoisotopic (exact) mass is 483 g/mol. The Morgan fingerprint density at radius 1 is 1.17 bits per heavy atom. The van der Waals surface area contributed by atoms with Gasteiger partial charge in [0.15, 0.2) is 0 Å². The fourth-order valence-corrected chi connectivity index (χ4v) is 4.42. The summed E-state index contributed by atoms with van der Waals surface area (Å²) in [4.78, 5) is 33.9. The molecule has 5 rings (SSSR count). The zero-order valence-corrected chi connectivity index (χ0v) is 18.5. The number of hydrogen-bond donors (Lipinski definition) is 1. The zero-order valence-electron chi connectivity index (χ0n) is 18.5. The molecule has 0 saturated carbocycles. The number of halogens is 3. The third kappa shape index (κ3) is 4.25. The summed E-state index contributed by atoms with van der Waals surface area (Å²) in [6.07, 6.45) is 3.41. The molecule has 0 bridgehead atoms. The van der Waals surface area contributed by atoms with Gasteiger partial charge in [0.25, 0.3) is 5.91 Å². The minimum Gasteiger partial charge on any atom is -0.345 e. The Morgan fingerprint density at radius 2 is 1.91 bits per heavy atom. The first kappa shape index (κ1) is 22.6. The van der Waals surface area contributed by atoms with Crippen LogP contribution in [0, 0.1) is 11.3 Å². The lowest BCUT2D eigenvalue weighted by Crippen LogP contribution is -2.32. The van der Waals surface area contributed by atoms with Crippen LogP contribution >= 0.6 is 0 Å². The fraction of sp³-hybridized carbons (Fsp3) is 0.348. The first-order valence-corrected chi connectivity index (χ1v) is 11.1. The summed E-state index contributed by atoms with van der Waals surface area (Å²) in [5.74, 6) is -0.321. The molecule has 180 valence electrons. The highest BCUT2D eigenvalue weighted by molar-refractivity contribution is 5.99. The Bertz CT molecular complexity index is 1530. The maximum Gasteiger partial charge on any atom is 0.408 e. The fourth-order valence-electron chi connectivity index (χ4n) is 4.42. The van der Waals surface area contributed by atoms with Gasteiger partial charge >= 0.3 is 6.18 Å². The van der Waals surface area contributed by atoms with Crippen LogP contribution in [0.2, 0.25) is 0 Å². The number of carbonyl (C=O) groups excluding carboxylic acids is 1. The third-order valence-electron chi connectivity index (χ3n) is 6.11. The van der Waals surface area contributed by atoms with Crippen molar-refractivity contribution >= 4 is 22.5 Å². The number of alkyl halides is 3. The van der Waals surface area contributed by atoms with Crippen LogP contribution in [0.25, 0.3) is 27.9 Å². The Labute approximate surface area is 196 Å². The van der Waals surface area contributed by atoms with Crippen LogP contribution in [-0.4, -0.2) is 54.2 Å². The van der Waals surface area contributed by atoms with Gasteiger partial charge < -0.3 is 9.88 Å². The van der Waals surface area contributed by atoms with Crippen LogP contribution in [-0.2, 0) is 6.54 Å². The van der Waals surface area contributed by atoms with E-state index in [0.29, 0.717) is 29.8 Å². The zero-order chi connectivity index (χ0) is 24.7. The predicted molar refractivity (Wildman–Crippen MR) is 120 cm³/mol. The molecule has 4 aromatic heterocycles. The van der Waals surface area contributed by atoms with Crippen molar-refractivity contribution in [2.75, 3.05) is 13.1 Å². The van der Waals surface area contributed by atoms with E-state index < -0.39 is 18.1 Å². The highest BCUT2D eigenvalue weighted by Crippen LogP contribution is 2.31. The summed E-state index contributed by atoms with van der Waals surface area (Å²) in [5.41, 5.74) is 0.436. The Hall–Kier alpha value is -4.14. The highest BCUT2D eigenvalue weighted by Gasteiger charge is 2.31. The molecule has 0 spiro atoms. The van der Waals surface area contributed by atoms with E-state index in [9.17, 15) is 28.0 Å². The number of aromatic nitrogens is 5. The number of hydrogen-bond acceptors (Lipinski definition) is 5. The van der Waals surface area contributed by atoms with Crippen LogP contribution in [0.4, 0.5) is 13.2 Å². The SMILES string of the molecule is N#Cc1cn2c(-c3nn(CC(F)(F)F)c4cc(C(=O)N5CCCCCC5)ncc34)c[nH]c2cc1=O. The lowest BCUT2D eigenvalue weighted by molar-refractivity contribution is -0.141. The van der Waals surface area contributed by atoms with Gasteiger partial charge in [-0.25, -0.2) is 0 Å². The summed E-state index contributed by atoms with van der Waals surface area (Å²) in [6.45, 7) is -0.187. The molecular formula is C23H20F3N7O2. The molecule has 1 saturated heterocycles. The van der Waals surface area contributed by atoms with Crippen LogP contribution < -0.4 is 5.43 Å². The molecule has 9 nitrogen and oxygen atoms in total. The molecule has 1 amide bonds. The Balaban J connectivity index is 1.66. The Kier molecular flexibility index (Phi) is 5.55. The quantitative estimate of drug-likeness (QED) is 0.480. The van der Waals surface area contributed by atoms with Gasteiger partial charge in [0.1, 0.15) is 35.2 Å². The lowest BCUT2D eigenvalue weighted by atomic mass is 10.2. The van der Waals surface area contributed by atoms with E-state index in [0.717, 1.165) is 30.4 Å². The maximum absolute atomic E-state index is 13.4. The van der Waals surface area contributed by atoms with E-state index in [1.165, 1.54) is 35.1 Å². The largest absolute Gasteiger partial charge is 0.408 e. The molecule has 1 N–H and O–H groups in total. The average molecular weight is 483 g/mol. The van der Waals surface area contributed by atoms with Gasteiger partial charge in [0.05, 0.1) is 11.2 Å². The van der Waals surface area contributed by atoms with Crippen molar-refractivity contribution in [3.8, 4) is 17.5 Å². The maximum atomic E-state index is 13.4. The van der Waals surface area contributed by atoms with Crippen molar-refractivity contribution in [1.29, 1.82) is 5.26 Å². The van der Waals surface area contributed by atoms with Gasteiger partial charge in [-0.15, -0.1) is 0 Å². The van der Waals surface area contributed by atoms with Crippen molar-refractivity contribution in [3.05, 3.63) is 52.2 Å². The topological polar surface area (TPSA) is 112 Å². The number of H-pyrrole nitrogens is 1. The van der Waals surface area contributed by atoms with E-state index in [-0.39, 0.29) is 28.4 Å². The molecule has 0 radical (unpaired) electrons. The third-order valence-corrected chi connectivity index (χ3v) is 6.11. The number of aromatic amines is 1. The van der Waals surface area contributed by atoms with E-state index >= 15 is 0 Å². The lowest BCUT2D eigenvalue weighted by Gasteiger charge is -2.19. The van der Waals surface area contributed by atoms with Crippen molar-refractivity contribution in [1.82, 2.24) is 29.0 Å². The molecule has 1 aliphatic rings. The molecule has 35 heavy (non-hydrogen) atoms. The van der Waals surface area contributed by atoms with E-state index in [4.69, 9.17) is 0 Å². The first-order valence-electron chi connectivity index (χ1n) is 11.1. The van der Waals surface area contributed by atoms with Crippen molar-refractivity contribution < 1.29 is 18.0 Å². The average Bonchev–Trinajstić information content (AvgIpc) is 3.24. The molecular weight excluding hydrogens is 463 g/mol. The Morgan fingerprint density at radius 3 is 2.60 bits per heavy atom. The van der Waals surface area contributed by atoms with Gasteiger partial charge in [0, 0.05) is 43.1 Å². The summed E-state index contributed by atoms with van der Waals surface area (Å²) in [5, 5.41) is 13.7. The standard InChI is InChI=1S/C23H20F3N7O2/c24-23(25,26)13-33-17-7-16(22(35)31-5-3-1-2-4-6-31)28-10-15(17)21(30-33)18-11-29-20-8-19(34)14(9-27)12-32(18)20/h7-8,10-12,29H,1-6,13H2. The van der Waals surface area contributed by atoms with Gasteiger partial charge in [-0.3, -0.25) is 23.7 Å². The summed E-state index contributed by atoms with van der Waals surface area (Å²) >= 11 is 0.